The van der Waals surface area contributed by atoms with Crippen LogP contribution in [-0.4, -0.2) is 50.6 Å². The third-order valence-corrected chi connectivity index (χ3v) is 6.33. The minimum absolute atomic E-state index is 0.0144. The molecule has 7 heteroatoms. The molecule has 0 radical (unpaired) electrons. The Labute approximate surface area is 190 Å². The van der Waals surface area contributed by atoms with Gasteiger partial charge in [0.1, 0.15) is 11.5 Å². The van der Waals surface area contributed by atoms with E-state index >= 15 is 0 Å². The molecular weight excluding hydrogens is 458 g/mol. The Hall–Kier alpha value is -2.77. The van der Waals surface area contributed by atoms with E-state index in [9.17, 15) is 4.79 Å². The smallest absolute Gasteiger partial charge is 0.252 e. The van der Waals surface area contributed by atoms with Crippen LogP contribution in [-0.2, 0) is 0 Å². The maximum atomic E-state index is 12.7. The number of carbonyl (C=O) groups is 1. The summed E-state index contributed by atoms with van der Waals surface area (Å²) in [7, 11) is 1.68. The van der Waals surface area contributed by atoms with Crippen LogP contribution in [0.4, 0.5) is 5.69 Å². The van der Waals surface area contributed by atoms with Crippen molar-refractivity contribution in [2.45, 2.75) is 6.04 Å². The second-order valence-corrected chi connectivity index (χ2v) is 8.30. The number of carbonyl (C=O) groups excluding carboxylic acids is 1. The summed E-state index contributed by atoms with van der Waals surface area (Å²) in [5.74, 6) is 1.63. The molecule has 1 amide bonds. The Bertz CT molecular complexity index is 984. The predicted molar refractivity (Wildman–Crippen MR) is 125 cm³/mol. The van der Waals surface area contributed by atoms with Crippen molar-refractivity contribution in [3.63, 3.8) is 0 Å². The Balaban J connectivity index is 1.40. The van der Waals surface area contributed by atoms with Crippen LogP contribution in [0.15, 0.2) is 75.8 Å². The highest BCUT2D eigenvalue weighted by Gasteiger charge is 2.27. The molecule has 1 fully saturated rings. The molecule has 2 aromatic carbocycles. The molecule has 31 heavy (non-hydrogen) atoms. The number of benzene rings is 2. The molecule has 4 rings (SSSR count). The van der Waals surface area contributed by atoms with Gasteiger partial charge in [0, 0.05) is 42.9 Å². The zero-order chi connectivity index (χ0) is 21.6. The molecule has 0 aliphatic carbocycles. The van der Waals surface area contributed by atoms with Crippen molar-refractivity contribution in [1.82, 2.24) is 10.2 Å². The molecule has 1 aliphatic rings. The Morgan fingerprint density at radius 2 is 1.81 bits per heavy atom. The SMILES string of the molecule is COc1ccc(N2CCN(C(CNC(=O)c3ccccc3Br)c3ccco3)CC2)cc1. The number of furan rings is 1. The third kappa shape index (κ3) is 5.11. The Kier molecular flexibility index (Phi) is 6.94. The largest absolute Gasteiger partial charge is 0.497 e. The van der Waals surface area contributed by atoms with Gasteiger partial charge in [0.25, 0.3) is 5.91 Å². The van der Waals surface area contributed by atoms with E-state index in [2.05, 4.69) is 43.2 Å². The molecule has 6 nitrogen and oxygen atoms in total. The molecule has 1 N–H and O–H groups in total. The van der Waals surface area contributed by atoms with Gasteiger partial charge in [-0.25, -0.2) is 0 Å². The number of methoxy groups -OCH3 is 1. The lowest BCUT2D eigenvalue weighted by Gasteiger charge is -2.39. The number of nitrogens with zero attached hydrogens (tertiary/aromatic N) is 2. The van der Waals surface area contributed by atoms with Gasteiger partial charge >= 0.3 is 0 Å². The summed E-state index contributed by atoms with van der Waals surface area (Å²) >= 11 is 3.45. The minimum atomic E-state index is -0.0964. The number of amides is 1. The summed E-state index contributed by atoms with van der Waals surface area (Å²) in [6.07, 6.45) is 1.69. The van der Waals surface area contributed by atoms with Crippen LogP contribution in [0.2, 0.25) is 0 Å². The highest BCUT2D eigenvalue weighted by Crippen LogP contribution is 2.26. The average molecular weight is 484 g/mol. The summed E-state index contributed by atoms with van der Waals surface area (Å²) < 4.78 is 11.8. The van der Waals surface area contributed by atoms with E-state index in [1.165, 1.54) is 5.69 Å². The van der Waals surface area contributed by atoms with Crippen LogP contribution in [0.25, 0.3) is 0 Å². The summed E-state index contributed by atoms with van der Waals surface area (Å²) in [5, 5.41) is 3.08. The number of anilines is 1. The topological polar surface area (TPSA) is 58.0 Å². The molecule has 1 atom stereocenters. The molecule has 1 saturated heterocycles. The molecule has 0 saturated carbocycles. The monoisotopic (exact) mass is 483 g/mol. The lowest BCUT2D eigenvalue weighted by atomic mass is 10.1. The summed E-state index contributed by atoms with van der Waals surface area (Å²) in [6, 6.07) is 19.5. The quantitative estimate of drug-likeness (QED) is 0.541. The van der Waals surface area contributed by atoms with Crippen LogP contribution in [0.5, 0.6) is 5.75 Å². The standard InChI is InChI=1S/C24H26BrN3O3/c1-30-19-10-8-18(9-11-19)27-12-14-28(15-13-27)22(23-7-4-16-31-23)17-26-24(29)20-5-2-3-6-21(20)25/h2-11,16,22H,12-15,17H2,1H3,(H,26,29). The highest BCUT2D eigenvalue weighted by molar-refractivity contribution is 9.10. The number of nitrogens with one attached hydrogen (secondary N) is 1. The Morgan fingerprint density at radius 3 is 2.45 bits per heavy atom. The first-order valence-corrected chi connectivity index (χ1v) is 11.1. The van der Waals surface area contributed by atoms with E-state index in [1.54, 1.807) is 13.4 Å². The van der Waals surface area contributed by atoms with Gasteiger partial charge in [0.2, 0.25) is 0 Å². The highest BCUT2D eigenvalue weighted by atomic mass is 79.9. The molecule has 3 aromatic rings. The number of halogens is 1. The normalized spacial score (nSPS) is 15.5. The van der Waals surface area contributed by atoms with E-state index in [0.29, 0.717) is 12.1 Å². The van der Waals surface area contributed by atoms with Crippen molar-refractivity contribution in [3.05, 3.63) is 82.7 Å². The molecule has 1 aliphatic heterocycles. The van der Waals surface area contributed by atoms with E-state index in [1.807, 2.05) is 48.5 Å². The van der Waals surface area contributed by atoms with Gasteiger partial charge in [-0.1, -0.05) is 12.1 Å². The van der Waals surface area contributed by atoms with Crippen molar-refractivity contribution in [3.8, 4) is 5.75 Å². The number of hydrogen-bond acceptors (Lipinski definition) is 5. The number of hydrogen-bond donors (Lipinski definition) is 1. The maximum absolute atomic E-state index is 12.7. The fourth-order valence-electron chi connectivity index (χ4n) is 3.91. The van der Waals surface area contributed by atoms with E-state index < -0.39 is 0 Å². The molecule has 162 valence electrons. The van der Waals surface area contributed by atoms with Crippen molar-refractivity contribution in [2.75, 3.05) is 44.7 Å². The van der Waals surface area contributed by atoms with Gasteiger partial charge < -0.3 is 19.4 Å². The van der Waals surface area contributed by atoms with Gasteiger partial charge in [0.05, 0.1) is 25.0 Å². The molecular formula is C24H26BrN3O3. The fourth-order valence-corrected chi connectivity index (χ4v) is 4.37. The lowest BCUT2D eigenvalue weighted by molar-refractivity contribution is 0.0922. The minimum Gasteiger partial charge on any atom is -0.497 e. The Morgan fingerprint density at radius 1 is 1.06 bits per heavy atom. The van der Waals surface area contributed by atoms with Crippen molar-refractivity contribution in [2.24, 2.45) is 0 Å². The van der Waals surface area contributed by atoms with Crippen molar-refractivity contribution in [1.29, 1.82) is 0 Å². The zero-order valence-electron chi connectivity index (χ0n) is 17.5. The van der Waals surface area contributed by atoms with Crippen LogP contribution in [0.1, 0.15) is 22.2 Å². The first-order chi connectivity index (χ1) is 15.2. The van der Waals surface area contributed by atoms with Gasteiger partial charge in [-0.3, -0.25) is 9.69 Å². The molecule has 1 aromatic heterocycles. The fraction of sp³-hybridized carbons (Fsp3) is 0.292. The van der Waals surface area contributed by atoms with Crippen LogP contribution < -0.4 is 15.0 Å². The number of rotatable bonds is 7. The van der Waals surface area contributed by atoms with Crippen LogP contribution >= 0.6 is 15.9 Å². The number of piperazine rings is 1. The maximum Gasteiger partial charge on any atom is 0.252 e. The van der Waals surface area contributed by atoms with Crippen LogP contribution in [0, 0.1) is 0 Å². The summed E-state index contributed by atoms with van der Waals surface area (Å²) in [5.41, 5.74) is 1.82. The van der Waals surface area contributed by atoms with E-state index in [4.69, 9.17) is 9.15 Å². The molecule has 2 heterocycles. The lowest BCUT2D eigenvalue weighted by Crippen LogP contribution is -2.49. The third-order valence-electron chi connectivity index (χ3n) is 5.64. The number of ether oxygens (including phenoxy) is 1. The van der Waals surface area contributed by atoms with E-state index in [0.717, 1.165) is 42.2 Å². The van der Waals surface area contributed by atoms with Crippen molar-refractivity contribution < 1.29 is 13.9 Å². The zero-order valence-corrected chi connectivity index (χ0v) is 19.0. The van der Waals surface area contributed by atoms with Crippen LogP contribution in [0.3, 0.4) is 0 Å². The van der Waals surface area contributed by atoms with Gasteiger partial charge in [-0.15, -0.1) is 0 Å². The average Bonchev–Trinajstić information content (AvgIpc) is 3.34. The first-order valence-electron chi connectivity index (χ1n) is 10.3. The summed E-state index contributed by atoms with van der Waals surface area (Å²) in [4.78, 5) is 17.4. The molecule has 0 spiro atoms. The summed E-state index contributed by atoms with van der Waals surface area (Å²) in [6.45, 7) is 4.05. The predicted octanol–water partition coefficient (Wildman–Crippen LogP) is 4.34. The van der Waals surface area contributed by atoms with Gasteiger partial charge in [0.15, 0.2) is 0 Å². The molecule has 0 bridgehead atoms. The van der Waals surface area contributed by atoms with Crippen molar-refractivity contribution >= 4 is 27.5 Å². The van der Waals surface area contributed by atoms with E-state index in [-0.39, 0.29) is 11.9 Å². The second-order valence-electron chi connectivity index (χ2n) is 7.44. The first kappa shape index (κ1) is 21.5. The second kappa shape index (κ2) is 10.0. The van der Waals surface area contributed by atoms with Gasteiger partial charge in [-0.05, 0) is 64.5 Å². The molecule has 1 unspecified atom stereocenters. The van der Waals surface area contributed by atoms with Gasteiger partial charge in [-0.2, -0.15) is 0 Å².